The summed E-state index contributed by atoms with van der Waals surface area (Å²) in [5, 5.41) is 5.38. The van der Waals surface area contributed by atoms with Crippen LogP contribution in [0.1, 0.15) is 73.6 Å². The number of rotatable bonds is 11. The lowest BCUT2D eigenvalue weighted by Gasteiger charge is -2.25. The van der Waals surface area contributed by atoms with Crippen LogP contribution in [0, 0.1) is 33.6 Å². The number of amides is 4. The summed E-state index contributed by atoms with van der Waals surface area (Å²) in [6, 6.07) is 13.5. The number of imide groups is 1. The average molecular weight is 628 g/mol. The van der Waals surface area contributed by atoms with Gasteiger partial charge in [0.1, 0.15) is 6.04 Å². The Morgan fingerprint density at radius 2 is 1.22 bits per heavy atom. The number of anilines is 2. The van der Waals surface area contributed by atoms with Gasteiger partial charge in [-0.25, -0.2) is 9.59 Å². The molecule has 11 heteroatoms. The average Bonchev–Trinajstić information content (AvgIpc) is 3.24. The van der Waals surface area contributed by atoms with Crippen molar-refractivity contribution in [1.29, 1.82) is 0 Å². The molecule has 2 N–H and O–H groups in total. The number of carbonyl (C=O) groups is 6. The molecule has 0 fully saturated rings. The zero-order chi connectivity index (χ0) is 33.7. The van der Waals surface area contributed by atoms with Crippen molar-refractivity contribution in [3.8, 4) is 0 Å². The van der Waals surface area contributed by atoms with Crippen LogP contribution in [-0.4, -0.2) is 59.7 Å². The minimum Gasteiger partial charge on any atom is -0.454 e. The van der Waals surface area contributed by atoms with E-state index in [1.807, 2.05) is 65.8 Å². The lowest BCUT2D eigenvalue weighted by molar-refractivity contribution is -0.151. The first-order chi connectivity index (χ1) is 21.7. The van der Waals surface area contributed by atoms with Crippen molar-refractivity contribution in [2.75, 3.05) is 23.8 Å². The van der Waals surface area contributed by atoms with Crippen molar-refractivity contribution in [2.24, 2.45) is 5.92 Å². The van der Waals surface area contributed by atoms with Crippen LogP contribution in [-0.2, 0) is 23.9 Å². The maximum Gasteiger partial charge on any atom is 0.338 e. The lowest BCUT2D eigenvalue weighted by atomic mass is 10.0. The van der Waals surface area contributed by atoms with Gasteiger partial charge in [0.05, 0.1) is 16.7 Å². The fourth-order valence-electron chi connectivity index (χ4n) is 5.15. The number of nitrogens with one attached hydrogen (secondary N) is 2. The van der Waals surface area contributed by atoms with Gasteiger partial charge in [0.2, 0.25) is 0 Å². The Bertz CT molecular complexity index is 1730. The molecular formula is C35H37N3O8. The fourth-order valence-corrected chi connectivity index (χ4v) is 5.15. The lowest BCUT2D eigenvalue weighted by Crippen LogP contribution is -2.46. The van der Waals surface area contributed by atoms with Gasteiger partial charge in [-0.05, 0) is 81.5 Å². The first-order valence-electron chi connectivity index (χ1n) is 14.8. The number of aryl methyl sites for hydroxylation is 4. The highest BCUT2D eigenvalue weighted by molar-refractivity contribution is 6.23. The Morgan fingerprint density at radius 3 is 1.74 bits per heavy atom. The van der Waals surface area contributed by atoms with E-state index >= 15 is 0 Å². The molecule has 1 aliphatic rings. The summed E-state index contributed by atoms with van der Waals surface area (Å²) < 4.78 is 10.4. The van der Waals surface area contributed by atoms with Crippen molar-refractivity contribution in [3.05, 3.63) is 93.5 Å². The second-order valence-electron chi connectivity index (χ2n) is 11.8. The Labute approximate surface area is 267 Å². The summed E-state index contributed by atoms with van der Waals surface area (Å²) in [6.45, 7) is 9.99. The van der Waals surface area contributed by atoms with Gasteiger partial charge in [0, 0.05) is 11.4 Å². The summed E-state index contributed by atoms with van der Waals surface area (Å²) in [5.41, 5.74) is 4.78. The van der Waals surface area contributed by atoms with E-state index in [1.165, 1.54) is 18.2 Å². The number of nitrogens with zero attached hydrogens (tertiary/aromatic N) is 1. The zero-order valence-electron chi connectivity index (χ0n) is 26.7. The fraction of sp³-hybridized carbons (Fsp3) is 0.314. The van der Waals surface area contributed by atoms with Crippen LogP contribution >= 0.6 is 0 Å². The first kappa shape index (κ1) is 33.6. The summed E-state index contributed by atoms with van der Waals surface area (Å²) in [4.78, 5) is 78.5. The Hall–Kier alpha value is -5.32. The first-order valence-corrected chi connectivity index (χ1v) is 14.8. The topological polar surface area (TPSA) is 148 Å². The van der Waals surface area contributed by atoms with E-state index in [4.69, 9.17) is 9.47 Å². The monoisotopic (exact) mass is 627 g/mol. The van der Waals surface area contributed by atoms with Gasteiger partial charge >= 0.3 is 11.9 Å². The van der Waals surface area contributed by atoms with E-state index in [0.717, 1.165) is 27.2 Å². The van der Waals surface area contributed by atoms with E-state index in [-0.39, 0.29) is 29.0 Å². The zero-order valence-corrected chi connectivity index (χ0v) is 26.7. The molecule has 3 aromatic rings. The molecular weight excluding hydrogens is 590 g/mol. The van der Waals surface area contributed by atoms with E-state index < -0.39 is 54.8 Å². The van der Waals surface area contributed by atoms with Crippen molar-refractivity contribution in [1.82, 2.24) is 4.90 Å². The van der Waals surface area contributed by atoms with Gasteiger partial charge < -0.3 is 20.1 Å². The van der Waals surface area contributed by atoms with Crippen LogP contribution in [0.5, 0.6) is 0 Å². The van der Waals surface area contributed by atoms with Crippen LogP contribution in [0.25, 0.3) is 0 Å². The predicted octanol–water partition coefficient (Wildman–Crippen LogP) is 4.91. The summed E-state index contributed by atoms with van der Waals surface area (Å²) >= 11 is 0. The summed E-state index contributed by atoms with van der Waals surface area (Å²) in [5.74, 6) is -4.53. The van der Waals surface area contributed by atoms with Crippen molar-refractivity contribution >= 4 is 46.9 Å². The standard InChI is InChI=1S/C35H37N3O8/c1-19(2)13-29(35(44)46-18-31(40)37-28-12-8-21(4)15-23(28)6)38-32(41)25-10-9-24(16-26(25)33(38)42)34(43)45-17-30(39)36-27-11-7-20(3)14-22(27)5/h7-12,14-16,19,29H,13,17-18H2,1-6H3,(H,36,39)(H,37,40)/t29-/m0/s1. The number of esters is 2. The highest BCUT2D eigenvalue weighted by Gasteiger charge is 2.44. The van der Waals surface area contributed by atoms with Crippen LogP contribution in [0.4, 0.5) is 11.4 Å². The highest BCUT2D eigenvalue weighted by Crippen LogP contribution is 2.29. The highest BCUT2D eigenvalue weighted by atomic mass is 16.5. The van der Waals surface area contributed by atoms with Gasteiger partial charge in [-0.2, -0.15) is 0 Å². The van der Waals surface area contributed by atoms with Gasteiger partial charge in [-0.3, -0.25) is 24.1 Å². The van der Waals surface area contributed by atoms with Crippen LogP contribution in [0.2, 0.25) is 0 Å². The Morgan fingerprint density at radius 1 is 0.696 bits per heavy atom. The molecule has 0 aliphatic carbocycles. The second-order valence-corrected chi connectivity index (χ2v) is 11.8. The third kappa shape index (κ3) is 7.84. The molecule has 3 aromatic carbocycles. The molecule has 240 valence electrons. The number of ether oxygens (including phenoxy) is 2. The largest absolute Gasteiger partial charge is 0.454 e. The van der Waals surface area contributed by atoms with Crippen molar-refractivity contribution in [2.45, 2.75) is 54.0 Å². The molecule has 4 rings (SSSR count). The van der Waals surface area contributed by atoms with Gasteiger partial charge in [0.25, 0.3) is 23.6 Å². The van der Waals surface area contributed by atoms with Gasteiger partial charge in [0.15, 0.2) is 13.2 Å². The predicted molar refractivity (Wildman–Crippen MR) is 171 cm³/mol. The Balaban J connectivity index is 1.41. The molecule has 0 aromatic heterocycles. The van der Waals surface area contributed by atoms with Gasteiger partial charge in [-0.1, -0.05) is 49.2 Å². The van der Waals surface area contributed by atoms with Crippen molar-refractivity contribution < 1.29 is 38.2 Å². The van der Waals surface area contributed by atoms with E-state index in [1.54, 1.807) is 12.1 Å². The second kappa shape index (κ2) is 14.2. The maximum absolute atomic E-state index is 13.5. The number of hydrogen-bond donors (Lipinski definition) is 2. The number of benzene rings is 3. The molecule has 46 heavy (non-hydrogen) atoms. The normalized spacial score (nSPS) is 12.9. The molecule has 1 aliphatic heterocycles. The summed E-state index contributed by atoms with van der Waals surface area (Å²) in [7, 11) is 0. The number of carbonyl (C=O) groups excluding carboxylic acids is 6. The molecule has 0 unspecified atom stereocenters. The SMILES string of the molecule is Cc1ccc(NC(=O)COC(=O)c2ccc3c(c2)C(=O)N([C@@H](CC(C)C)C(=O)OCC(=O)Nc2ccc(C)cc2C)C3=O)c(C)c1. The van der Waals surface area contributed by atoms with Crippen LogP contribution in [0.3, 0.4) is 0 Å². The number of hydrogen-bond acceptors (Lipinski definition) is 8. The molecule has 0 saturated carbocycles. The third-order valence-electron chi connectivity index (χ3n) is 7.42. The van der Waals surface area contributed by atoms with Gasteiger partial charge in [-0.15, -0.1) is 0 Å². The van der Waals surface area contributed by atoms with Crippen LogP contribution < -0.4 is 10.6 Å². The van der Waals surface area contributed by atoms with E-state index in [2.05, 4.69) is 10.6 Å². The third-order valence-corrected chi connectivity index (χ3v) is 7.42. The molecule has 4 amide bonds. The summed E-state index contributed by atoms with van der Waals surface area (Å²) in [6.07, 6.45) is 0.0907. The molecule has 0 bridgehead atoms. The smallest absolute Gasteiger partial charge is 0.338 e. The van der Waals surface area contributed by atoms with Crippen molar-refractivity contribution in [3.63, 3.8) is 0 Å². The molecule has 0 saturated heterocycles. The molecule has 11 nitrogen and oxygen atoms in total. The quantitative estimate of drug-likeness (QED) is 0.225. The minimum absolute atomic E-state index is 0.00304. The van der Waals surface area contributed by atoms with Crippen LogP contribution in [0.15, 0.2) is 54.6 Å². The number of fused-ring (bicyclic) bond motifs is 1. The molecule has 0 radical (unpaired) electrons. The molecule has 1 heterocycles. The molecule has 1 atom stereocenters. The van der Waals surface area contributed by atoms with E-state index in [9.17, 15) is 28.8 Å². The minimum atomic E-state index is -1.30. The Kier molecular flexibility index (Phi) is 10.4. The van der Waals surface area contributed by atoms with E-state index in [0.29, 0.717) is 11.4 Å². The molecule has 0 spiro atoms. The maximum atomic E-state index is 13.5.